The highest BCUT2D eigenvalue weighted by Crippen LogP contribution is 2.28. The van der Waals surface area contributed by atoms with Crippen LogP contribution in [0, 0.1) is 17.1 Å². The highest BCUT2D eigenvalue weighted by molar-refractivity contribution is 5.94. The average molecular weight is 445 g/mol. The van der Waals surface area contributed by atoms with Gasteiger partial charge in [0.05, 0.1) is 23.0 Å². The first-order chi connectivity index (χ1) is 16.0. The maximum Gasteiger partial charge on any atom is 0.269 e. The van der Waals surface area contributed by atoms with Crippen LogP contribution in [0.1, 0.15) is 28.9 Å². The molecule has 4 rings (SSSR count). The van der Waals surface area contributed by atoms with Gasteiger partial charge in [0.25, 0.3) is 5.91 Å². The Bertz CT molecular complexity index is 1260. The molecule has 1 fully saturated rings. The Balaban J connectivity index is 1.70. The number of rotatable bonds is 5. The lowest BCUT2D eigenvalue weighted by atomic mass is 10.1. The van der Waals surface area contributed by atoms with Gasteiger partial charge in [0.1, 0.15) is 17.6 Å². The Labute approximate surface area is 189 Å². The molecule has 0 atom stereocenters. The van der Waals surface area contributed by atoms with Crippen LogP contribution in [0.25, 0.3) is 27.4 Å². The molecule has 2 aromatic carbocycles. The highest BCUT2D eigenvalue weighted by atomic mass is 19.1. The van der Waals surface area contributed by atoms with Gasteiger partial charge in [0.15, 0.2) is 0 Å². The standard InChI is InChI=1S/C23H20FN7O2/c1-33-19-8-10-30(11-9-19)17-4-6-18(7-5-17)31-22(13-21(28-31)23(32)27-29-26)15-2-3-16(14-25)20(24)12-15/h2-7,12-13,19H,8-11H2,1H3. The van der Waals surface area contributed by atoms with E-state index in [4.69, 9.17) is 15.5 Å². The predicted octanol–water partition coefficient (Wildman–Crippen LogP) is 4.62. The van der Waals surface area contributed by atoms with Gasteiger partial charge in [-0.25, -0.2) is 9.07 Å². The normalized spacial score (nSPS) is 13.9. The fourth-order valence-electron chi connectivity index (χ4n) is 3.90. The fraction of sp³-hybridized carbons (Fsp3) is 0.261. The SMILES string of the molecule is COC1CCN(c2ccc(-n3nc(C(=O)N=[N+]=[N-])cc3-c3ccc(C#N)c(F)c3)cc2)CC1. The maximum atomic E-state index is 14.3. The number of halogens is 1. The number of benzene rings is 2. The van der Waals surface area contributed by atoms with Crippen molar-refractivity contribution in [2.24, 2.45) is 5.11 Å². The summed E-state index contributed by atoms with van der Waals surface area (Å²) in [5, 5.41) is 16.4. The molecule has 1 aromatic heterocycles. The van der Waals surface area contributed by atoms with Gasteiger partial charge in [-0.15, -0.1) is 0 Å². The molecule has 9 nitrogen and oxygen atoms in total. The van der Waals surface area contributed by atoms with Crippen LogP contribution < -0.4 is 4.90 Å². The molecule has 3 aromatic rings. The minimum atomic E-state index is -0.843. The van der Waals surface area contributed by atoms with Gasteiger partial charge in [-0.1, -0.05) is 6.07 Å². The number of aromatic nitrogens is 2. The van der Waals surface area contributed by atoms with Crippen molar-refractivity contribution in [3.05, 3.63) is 76.0 Å². The molecule has 0 saturated carbocycles. The number of methoxy groups -OCH3 is 1. The van der Waals surface area contributed by atoms with Crippen molar-refractivity contribution in [2.75, 3.05) is 25.1 Å². The number of anilines is 1. The van der Waals surface area contributed by atoms with E-state index in [1.807, 2.05) is 24.3 Å². The summed E-state index contributed by atoms with van der Waals surface area (Å²) < 4.78 is 21.2. The van der Waals surface area contributed by atoms with Crippen molar-refractivity contribution in [1.29, 1.82) is 5.26 Å². The second kappa shape index (κ2) is 9.53. The molecule has 0 N–H and O–H groups in total. The van der Waals surface area contributed by atoms with Crippen molar-refractivity contribution in [2.45, 2.75) is 18.9 Å². The number of ether oxygens (including phenoxy) is 1. The van der Waals surface area contributed by atoms with Crippen LogP contribution in [0.4, 0.5) is 10.1 Å². The Hall–Kier alpha value is -4.19. The van der Waals surface area contributed by atoms with E-state index in [9.17, 15) is 9.18 Å². The lowest BCUT2D eigenvalue weighted by molar-refractivity contribution is 0.0819. The van der Waals surface area contributed by atoms with Gasteiger partial charge >= 0.3 is 0 Å². The summed E-state index contributed by atoms with van der Waals surface area (Å²) in [7, 11) is 1.73. The molecule has 1 amide bonds. The van der Waals surface area contributed by atoms with Crippen LogP contribution in [-0.2, 0) is 4.74 Å². The number of nitrogens with zero attached hydrogens (tertiary/aromatic N) is 7. The van der Waals surface area contributed by atoms with Gasteiger partial charge in [-0.3, -0.25) is 4.79 Å². The smallest absolute Gasteiger partial charge is 0.269 e. The molecule has 0 aliphatic carbocycles. The number of amides is 1. The number of hydrogen-bond donors (Lipinski definition) is 0. The van der Waals surface area contributed by atoms with Gasteiger partial charge in [0, 0.05) is 36.4 Å². The third-order valence-electron chi connectivity index (χ3n) is 5.68. The summed E-state index contributed by atoms with van der Waals surface area (Å²) in [6, 6.07) is 15.0. The summed E-state index contributed by atoms with van der Waals surface area (Å²) in [6.45, 7) is 1.78. The molecule has 0 spiro atoms. The van der Waals surface area contributed by atoms with Gasteiger partial charge in [0.2, 0.25) is 0 Å². The number of carbonyl (C=O) groups excluding carboxylic acids is 1. The molecule has 0 radical (unpaired) electrons. The van der Waals surface area contributed by atoms with Crippen molar-refractivity contribution in [3.8, 4) is 23.0 Å². The number of azide groups is 1. The van der Waals surface area contributed by atoms with Crippen LogP contribution >= 0.6 is 0 Å². The summed E-state index contributed by atoms with van der Waals surface area (Å²) in [4.78, 5) is 16.9. The first-order valence-corrected chi connectivity index (χ1v) is 10.3. The summed E-state index contributed by atoms with van der Waals surface area (Å²) in [5.74, 6) is -1.52. The molecule has 33 heavy (non-hydrogen) atoms. The largest absolute Gasteiger partial charge is 0.381 e. The van der Waals surface area contributed by atoms with E-state index < -0.39 is 11.7 Å². The maximum absolute atomic E-state index is 14.3. The minimum absolute atomic E-state index is 0.0710. The van der Waals surface area contributed by atoms with E-state index in [2.05, 4.69) is 20.0 Å². The molecular weight excluding hydrogens is 425 g/mol. The zero-order chi connectivity index (χ0) is 23.4. The van der Waals surface area contributed by atoms with E-state index in [0.29, 0.717) is 16.9 Å². The van der Waals surface area contributed by atoms with Crippen molar-refractivity contribution in [1.82, 2.24) is 9.78 Å². The average Bonchev–Trinajstić information content (AvgIpc) is 3.30. The summed E-state index contributed by atoms with van der Waals surface area (Å²) >= 11 is 0. The molecule has 166 valence electrons. The minimum Gasteiger partial charge on any atom is -0.381 e. The van der Waals surface area contributed by atoms with E-state index in [0.717, 1.165) is 31.6 Å². The molecule has 2 heterocycles. The van der Waals surface area contributed by atoms with Crippen LogP contribution in [-0.4, -0.2) is 42.0 Å². The second-order valence-electron chi connectivity index (χ2n) is 7.57. The Kier molecular flexibility index (Phi) is 6.36. The highest BCUT2D eigenvalue weighted by Gasteiger charge is 2.20. The van der Waals surface area contributed by atoms with Gasteiger partial charge in [-0.05, 0) is 66.0 Å². The molecule has 0 bridgehead atoms. The first kappa shape index (κ1) is 22.0. The van der Waals surface area contributed by atoms with E-state index >= 15 is 0 Å². The van der Waals surface area contributed by atoms with Gasteiger partial charge < -0.3 is 9.64 Å². The first-order valence-electron chi connectivity index (χ1n) is 10.3. The Morgan fingerprint density at radius 2 is 1.91 bits per heavy atom. The Morgan fingerprint density at radius 3 is 2.52 bits per heavy atom. The zero-order valence-corrected chi connectivity index (χ0v) is 17.8. The van der Waals surface area contributed by atoms with E-state index in [1.54, 1.807) is 19.2 Å². The molecule has 10 heteroatoms. The van der Waals surface area contributed by atoms with Crippen LogP contribution in [0.5, 0.6) is 0 Å². The monoisotopic (exact) mass is 445 g/mol. The molecule has 1 saturated heterocycles. The summed E-state index contributed by atoms with van der Waals surface area (Å²) in [6.07, 6.45) is 2.19. The Morgan fingerprint density at radius 1 is 1.21 bits per heavy atom. The lowest BCUT2D eigenvalue weighted by Gasteiger charge is -2.33. The van der Waals surface area contributed by atoms with Crippen molar-refractivity contribution >= 4 is 11.6 Å². The van der Waals surface area contributed by atoms with E-state index in [1.165, 1.54) is 22.9 Å². The van der Waals surface area contributed by atoms with E-state index in [-0.39, 0.29) is 17.4 Å². The van der Waals surface area contributed by atoms with Crippen molar-refractivity contribution in [3.63, 3.8) is 0 Å². The van der Waals surface area contributed by atoms with Crippen LogP contribution in [0.2, 0.25) is 0 Å². The molecule has 0 unspecified atom stereocenters. The van der Waals surface area contributed by atoms with Crippen LogP contribution in [0.3, 0.4) is 0 Å². The van der Waals surface area contributed by atoms with Crippen LogP contribution in [0.15, 0.2) is 53.6 Å². The second-order valence-corrected chi connectivity index (χ2v) is 7.57. The molecule has 1 aliphatic rings. The summed E-state index contributed by atoms with van der Waals surface area (Å²) in [5.41, 5.74) is 11.0. The number of hydrogen-bond acceptors (Lipinski definition) is 5. The number of piperidine rings is 1. The number of carbonyl (C=O) groups is 1. The third kappa shape index (κ3) is 4.55. The quantitative estimate of drug-likeness (QED) is 0.322. The fourth-order valence-corrected chi connectivity index (χ4v) is 3.90. The number of nitriles is 1. The lowest BCUT2D eigenvalue weighted by Crippen LogP contribution is -2.36. The van der Waals surface area contributed by atoms with Gasteiger partial charge in [-0.2, -0.15) is 10.4 Å². The predicted molar refractivity (Wildman–Crippen MR) is 119 cm³/mol. The molecular formula is C23H20FN7O2. The van der Waals surface area contributed by atoms with Crippen molar-refractivity contribution < 1.29 is 13.9 Å². The molecule has 1 aliphatic heterocycles. The third-order valence-corrected chi connectivity index (χ3v) is 5.68. The zero-order valence-electron chi connectivity index (χ0n) is 17.8. The topological polar surface area (TPSA) is 120 Å².